The first-order chi connectivity index (χ1) is 6.48. The summed E-state index contributed by atoms with van der Waals surface area (Å²) in [4.78, 5) is 0. The lowest BCUT2D eigenvalue weighted by Gasteiger charge is -2.36. The average Bonchev–Trinajstić information content (AvgIpc) is 2.05. The summed E-state index contributed by atoms with van der Waals surface area (Å²) < 4.78 is 6.89. The molecule has 1 heterocycles. The van der Waals surface area contributed by atoms with Crippen LogP contribution in [0.3, 0.4) is 0 Å². The van der Waals surface area contributed by atoms with Crippen molar-refractivity contribution >= 4 is 28.3 Å². The molecule has 1 atom stereocenters. The van der Waals surface area contributed by atoms with Crippen molar-refractivity contribution in [3.8, 4) is 5.75 Å². The van der Waals surface area contributed by atoms with Gasteiger partial charge in [-0.2, -0.15) is 0 Å². The Kier molecular flexibility index (Phi) is 3.69. The Labute approximate surface area is 105 Å². The molecule has 0 saturated carbocycles. The van der Waals surface area contributed by atoms with Gasteiger partial charge in [0.1, 0.15) is 11.4 Å². The van der Waals surface area contributed by atoms with E-state index in [0.29, 0.717) is 0 Å². The molecule has 2 nitrogen and oxygen atoms in total. The van der Waals surface area contributed by atoms with Crippen LogP contribution in [0.25, 0.3) is 0 Å². The summed E-state index contributed by atoms with van der Waals surface area (Å²) in [5.41, 5.74) is 7.03. The van der Waals surface area contributed by atoms with Gasteiger partial charge in [-0.05, 0) is 32.0 Å². The third kappa shape index (κ3) is 2.65. The fourth-order valence-electron chi connectivity index (χ4n) is 1.88. The predicted octanol–water partition coefficient (Wildman–Crippen LogP) is 3.43. The Morgan fingerprint density at radius 3 is 2.80 bits per heavy atom. The molecule has 0 spiro atoms. The van der Waals surface area contributed by atoms with Crippen molar-refractivity contribution in [1.29, 1.82) is 0 Å². The molecule has 0 fully saturated rings. The second kappa shape index (κ2) is 4.32. The third-order valence-corrected chi connectivity index (χ3v) is 2.96. The summed E-state index contributed by atoms with van der Waals surface area (Å²) in [6, 6.07) is 6.06. The lowest BCUT2D eigenvalue weighted by atomic mass is 9.90. The Morgan fingerprint density at radius 1 is 1.47 bits per heavy atom. The van der Waals surface area contributed by atoms with Gasteiger partial charge in [0.25, 0.3) is 0 Å². The van der Waals surface area contributed by atoms with Crippen molar-refractivity contribution in [3.05, 3.63) is 28.2 Å². The maximum Gasteiger partial charge on any atom is 0.124 e. The quantitative estimate of drug-likeness (QED) is 0.795. The zero-order chi connectivity index (χ0) is 10.3. The molecular formula is C11H15BrClNO. The molecule has 2 rings (SSSR count). The van der Waals surface area contributed by atoms with Crippen LogP contribution in [0.2, 0.25) is 0 Å². The largest absolute Gasteiger partial charge is 0.487 e. The minimum Gasteiger partial charge on any atom is -0.487 e. The number of fused-ring (bicyclic) bond motifs is 1. The number of halogens is 2. The minimum absolute atomic E-state index is 0. The molecule has 1 aliphatic rings. The first-order valence-corrected chi connectivity index (χ1v) is 5.51. The SMILES string of the molecule is CC1(C)CC(N)c2cc(Br)ccc2O1.Cl. The van der Waals surface area contributed by atoms with Gasteiger partial charge in [-0.3, -0.25) is 0 Å². The van der Waals surface area contributed by atoms with Crippen LogP contribution in [0.15, 0.2) is 22.7 Å². The van der Waals surface area contributed by atoms with Gasteiger partial charge in [0.05, 0.1) is 0 Å². The predicted molar refractivity (Wildman–Crippen MR) is 67.6 cm³/mol. The highest BCUT2D eigenvalue weighted by atomic mass is 79.9. The van der Waals surface area contributed by atoms with Gasteiger partial charge in [0.2, 0.25) is 0 Å². The molecule has 0 aliphatic carbocycles. The average molecular weight is 293 g/mol. The normalized spacial score (nSPS) is 22.3. The van der Waals surface area contributed by atoms with Gasteiger partial charge in [0.15, 0.2) is 0 Å². The van der Waals surface area contributed by atoms with Crippen molar-refractivity contribution in [2.75, 3.05) is 0 Å². The van der Waals surface area contributed by atoms with Gasteiger partial charge in [-0.1, -0.05) is 15.9 Å². The highest BCUT2D eigenvalue weighted by Crippen LogP contribution is 2.39. The fraction of sp³-hybridized carbons (Fsp3) is 0.455. The van der Waals surface area contributed by atoms with Crippen molar-refractivity contribution < 1.29 is 4.74 Å². The lowest BCUT2D eigenvalue weighted by molar-refractivity contribution is 0.0728. The second-order valence-electron chi connectivity index (χ2n) is 4.35. The number of hydrogen-bond acceptors (Lipinski definition) is 2. The second-order valence-corrected chi connectivity index (χ2v) is 5.27. The maximum atomic E-state index is 6.09. The van der Waals surface area contributed by atoms with Crippen LogP contribution in [0.1, 0.15) is 31.9 Å². The van der Waals surface area contributed by atoms with Crippen LogP contribution in [0.4, 0.5) is 0 Å². The molecule has 1 aromatic rings. The number of nitrogens with two attached hydrogens (primary N) is 1. The summed E-state index contributed by atoms with van der Waals surface area (Å²) >= 11 is 3.44. The maximum absolute atomic E-state index is 6.09. The monoisotopic (exact) mass is 291 g/mol. The van der Waals surface area contributed by atoms with Crippen LogP contribution in [0.5, 0.6) is 5.75 Å². The summed E-state index contributed by atoms with van der Waals surface area (Å²) in [5.74, 6) is 0.914. The standard InChI is InChI=1S/C11H14BrNO.ClH/c1-11(2)6-9(13)8-5-7(12)3-4-10(8)14-11;/h3-5,9H,6,13H2,1-2H3;1H. The number of hydrogen-bond donors (Lipinski definition) is 1. The van der Waals surface area contributed by atoms with Crippen molar-refractivity contribution in [3.63, 3.8) is 0 Å². The zero-order valence-electron chi connectivity index (χ0n) is 8.79. The summed E-state index contributed by atoms with van der Waals surface area (Å²) in [5, 5.41) is 0. The molecule has 2 N–H and O–H groups in total. The summed E-state index contributed by atoms with van der Waals surface area (Å²) in [7, 11) is 0. The van der Waals surface area contributed by atoms with Crippen molar-refractivity contribution in [1.82, 2.24) is 0 Å². The van der Waals surface area contributed by atoms with Crippen LogP contribution < -0.4 is 10.5 Å². The smallest absolute Gasteiger partial charge is 0.124 e. The summed E-state index contributed by atoms with van der Waals surface area (Å²) in [6.07, 6.45) is 0.858. The summed E-state index contributed by atoms with van der Waals surface area (Å²) in [6.45, 7) is 4.13. The van der Waals surface area contributed by atoms with Gasteiger partial charge in [-0.25, -0.2) is 0 Å². The molecule has 0 saturated heterocycles. The van der Waals surface area contributed by atoms with Crippen LogP contribution in [0, 0.1) is 0 Å². The van der Waals surface area contributed by atoms with E-state index in [9.17, 15) is 0 Å². The first-order valence-electron chi connectivity index (χ1n) is 4.72. The lowest BCUT2D eigenvalue weighted by Crippen LogP contribution is -2.37. The highest BCUT2D eigenvalue weighted by Gasteiger charge is 2.31. The minimum atomic E-state index is -0.153. The zero-order valence-corrected chi connectivity index (χ0v) is 11.2. The molecule has 0 radical (unpaired) electrons. The Hall–Kier alpha value is -0.250. The number of rotatable bonds is 0. The van der Waals surface area contributed by atoms with E-state index in [1.807, 2.05) is 18.2 Å². The van der Waals surface area contributed by atoms with Crippen molar-refractivity contribution in [2.24, 2.45) is 5.73 Å². The molecule has 1 unspecified atom stereocenters. The Balaban J connectivity index is 0.00000112. The molecule has 1 aliphatic heterocycles. The van der Waals surface area contributed by atoms with Gasteiger partial charge in [-0.15, -0.1) is 12.4 Å². The van der Waals surface area contributed by atoms with Crippen molar-refractivity contribution in [2.45, 2.75) is 31.9 Å². The van der Waals surface area contributed by atoms with E-state index in [0.717, 1.165) is 22.2 Å². The van der Waals surface area contributed by atoms with E-state index in [2.05, 4.69) is 29.8 Å². The molecule has 84 valence electrons. The molecule has 0 aromatic heterocycles. The fourth-order valence-corrected chi connectivity index (χ4v) is 2.26. The van der Waals surface area contributed by atoms with E-state index in [-0.39, 0.29) is 24.0 Å². The highest BCUT2D eigenvalue weighted by molar-refractivity contribution is 9.10. The van der Waals surface area contributed by atoms with E-state index in [4.69, 9.17) is 10.5 Å². The Bertz CT molecular complexity index is 368. The van der Waals surface area contributed by atoms with Crippen LogP contribution in [-0.4, -0.2) is 5.60 Å². The topological polar surface area (TPSA) is 35.2 Å². The molecule has 4 heteroatoms. The first kappa shape index (κ1) is 12.8. The van der Waals surface area contributed by atoms with E-state index < -0.39 is 0 Å². The molecule has 1 aromatic carbocycles. The van der Waals surface area contributed by atoms with Gasteiger partial charge in [0, 0.05) is 22.5 Å². The third-order valence-electron chi connectivity index (χ3n) is 2.47. The molecule has 15 heavy (non-hydrogen) atoms. The van der Waals surface area contributed by atoms with Crippen LogP contribution >= 0.6 is 28.3 Å². The molecular weight excluding hydrogens is 277 g/mol. The van der Waals surface area contributed by atoms with E-state index in [1.165, 1.54) is 0 Å². The molecule has 0 bridgehead atoms. The van der Waals surface area contributed by atoms with E-state index in [1.54, 1.807) is 0 Å². The van der Waals surface area contributed by atoms with Gasteiger partial charge >= 0.3 is 0 Å². The number of benzene rings is 1. The Morgan fingerprint density at radius 2 is 2.13 bits per heavy atom. The van der Waals surface area contributed by atoms with Gasteiger partial charge < -0.3 is 10.5 Å². The number of ether oxygens (including phenoxy) is 1. The molecule has 0 amide bonds. The van der Waals surface area contributed by atoms with Crippen LogP contribution in [-0.2, 0) is 0 Å². The van der Waals surface area contributed by atoms with E-state index >= 15 is 0 Å².